The highest BCUT2D eigenvalue weighted by molar-refractivity contribution is 5.28. The average Bonchev–Trinajstić information content (AvgIpc) is 2.97. The summed E-state index contributed by atoms with van der Waals surface area (Å²) in [5.74, 6) is 0.600. The van der Waals surface area contributed by atoms with Crippen LogP contribution in [0.2, 0.25) is 0 Å². The first-order chi connectivity index (χ1) is 10.2. The third-order valence-electron chi connectivity index (χ3n) is 4.20. The molecule has 0 bridgehead atoms. The smallest absolute Gasteiger partial charge is 0.0971 e. The maximum atomic E-state index is 6.04. The van der Waals surface area contributed by atoms with Crippen LogP contribution in [0.1, 0.15) is 25.5 Å². The fraction of sp³-hybridized carbons (Fsp3) is 0.500. The van der Waals surface area contributed by atoms with Crippen LogP contribution in [0, 0.1) is 5.92 Å². The summed E-state index contributed by atoms with van der Waals surface area (Å²) in [7, 11) is 0. The Balaban J connectivity index is 1.65. The quantitative estimate of drug-likeness (QED) is 0.931. The van der Waals surface area contributed by atoms with Crippen molar-refractivity contribution in [1.29, 1.82) is 0 Å². The molecule has 2 aromatic rings. The predicted molar refractivity (Wildman–Crippen MR) is 83.0 cm³/mol. The van der Waals surface area contributed by atoms with Crippen molar-refractivity contribution >= 4 is 0 Å². The van der Waals surface area contributed by atoms with Crippen molar-refractivity contribution in [2.45, 2.75) is 32.4 Å². The van der Waals surface area contributed by atoms with E-state index in [9.17, 15) is 0 Å². The monoisotopic (exact) mass is 285 g/mol. The molecule has 5 nitrogen and oxygen atoms in total. The van der Waals surface area contributed by atoms with Gasteiger partial charge in [0.15, 0.2) is 0 Å². The van der Waals surface area contributed by atoms with Gasteiger partial charge in [0.25, 0.3) is 0 Å². The van der Waals surface area contributed by atoms with Gasteiger partial charge >= 0.3 is 0 Å². The van der Waals surface area contributed by atoms with Gasteiger partial charge in [-0.15, -0.1) is 0 Å². The molecule has 112 valence electrons. The molecule has 3 rings (SSSR count). The Kier molecular flexibility index (Phi) is 4.31. The molecule has 0 spiro atoms. The van der Waals surface area contributed by atoms with Gasteiger partial charge in [-0.05, 0) is 44.4 Å². The summed E-state index contributed by atoms with van der Waals surface area (Å²) in [4.78, 5) is 4.14. The first kappa shape index (κ1) is 14.2. The molecule has 2 N–H and O–H groups in total. The number of rotatable bonds is 4. The van der Waals surface area contributed by atoms with E-state index in [2.05, 4.69) is 22.0 Å². The maximum absolute atomic E-state index is 6.04. The lowest BCUT2D eigenvalue weighted by Gasteiger charge is -2.34. The molecule has 0 radical (unpaired) electrons. The molecule has 2 atom stereocenters. The van der Waals surface area contributed by atoms with E-state index in [-0.39, 0.29) is 6.04 Å². The lowest BCUT2D eigenvalue weighted by Crippen LogP contribution is -2.42. The van der Waals surface area contributed by atoms with E-state index in [0.29, 0.717) is 5.92 Å². The predicted octanol–water partition coefficient (Wildman–Crippen LogP) is 1.83. The van der Waals surface area contributed by atoms with Gasteiger partial charge in [-0.1, -0.05) is 18.2 Å². The van der Waals surface area contributed by atoms with Crippen molar-refractivity contribution in [3.63, 3.8) is 0 Å². The SMILES string of the molecule is CC(N)C1CCCN(Cc2cnn(-c3ccccc3)n2)C1. The van der Waals surface area contributed by atoms with Crippen molar-refractivity contribution in [2.75, 3.05) is 13.1 Å². The standard InChI is InChI=1S/C16H23N5/c1-13(17)14-6-5-9-20(11-14)12-15-10-18-21(19-15)16-7-3-2-4-8-16/h2-4,7-8,10,13-14H,5-6,9,11-12,17H2,1H3. The van der Waals surface area contributed by atoms with Crippen LogP contribution in [-0.2, 0) is 6.54 Å². The van der Waals surface area contributed by atoms with Crippen LogP contribution in [-0.4, -0.2) is 39.0 Å². The number of nitrogens with zero attached hydrogens (tertiary/aromatic N) is 4. The van der Waals surface area contributed by atoms with E-state index in [1.54, 1.807) is 4.80 Å². The molecular weight excluding hydrogens is 262 g/mol. The molecule has 21 heavy (non-hydrogen) atoms. The van der Waals surface area contributed by atoms with Gasteiger partial charge in [0, 0.05) is 19.1 Å². The van der Waals surface area contributed by atoms with E-state index < -0.39 is 0 Å². The minimum atomic E-state index is 0.271. The van der Waals surface area contributed by atoms with Gasteiger partial charge in [0.05, 0.1) is 17.6 Å². The average molecular weight is 285 g/mol. The molecule has 0 saturated carbocycles. The molecule has 1 aromatic carbocycles. The highest BCUT2D eigenvalue weighted by Gasteiger charge is 2.23. The number of hydrogen-bond acceptors (Lipinski definition) is 4. The number of aromatic nitrogens is 3. The van der Waals surface area contributed by atoms with Gasteiger partial charge in [-0.2, -0.15) is 15.0 Å². The molecule has 0 aliphatic carbocycles. The summed E-state index contributed by atoms with van der Waals surface area (Å²) in [5.41, 5.74) is 8.06. The summed E-state index contributed by atoms with van der Waals surface area (Å²) >= 11 is 0. The Morgan fingerprint density at radius 3 is 2.90 bits per heavy atom. The number of nitrogens with two attached hydrogens (primary N) is 1. The van der Waals surface area contributed by atoms with Crippen molar-refractivity contribution in [3.8, 4) is 5.69 Å². The normalized spacial score (nSPS) is 21.3. The molecular formula is C16H23N5. The second kappa shape index (κ2) is 6.37. The number of hydrogen-bond donors (Lipinski definition) is 1. The summed E-state index contributed by atoms with van der Waals surface area (Å²) in [6.45, 7) is 5.16. The van der Waals surface area contributed by atoms with Crippen LogP contribution >= 0.6 is 0 Å². The van der Waals surface area contributed by atoms with Gasteiger partial charge in [-0.3, -0.25) is 4.90 Å². The summed E-state index contributed by atoms with van der Waals surface area (Å²) in [6.07, 6.45) is 4.33. The Labute approximate surface area is 125 Å². The first-order valence-corrected chi connectivity index (χ1v) is 7.67. The van der Waals surface area contributed by atoms with Crippen LogP contribution in [0.15, 0.2) is 36.5 Å². The minimum absolute atomic E-state index is 0.271. The van der Waals surface area contributed by atoms with Crippen LogP contribution in [0.3, 0.4) is 0 Å². The van der Waals surface area contributed by atoms with Crippen molar-refractivity contribution in [2.24, 2.45) is 11.7 Å². The molecule has 1 fully saturated rings. The number of benzene rings is 1. The summed E-state index contributed by atoms with van der Waals surface area (Å²) in [5, 5.41) is 8.94. The van der Waals surface area contributed by atoms with Gasteiger partial charge < -0.3 is 5.73 Å². The number of likely N-dealkylation sites (tertiary alicyclic amines) is 1. The van der Waals surface area contributed by atoms with Gasteiger partial charge in [-0.25, -0.2) is 0 Å². The zero-order valence-corrected chi connectivity index (χ0v) is 12.5. The summed E-state index contributed by atoms with van der Waals surface area (Å²) < 4.78 is 0. The fourth-order valence-electron chi connectivity index (χ4n) is 2.95. The zero-order valence-electron chi connectivity index (χ0n) is 12.5. The van der Waals surface area contributed by atoms with Crippen molar-refractivity contribution in [1.82, 2.24) is 19.9 Å². The second-order valence-electron chi connectivity index (χ2n) is 5.96. The largest absolute Gasteiger partial charge is 0.328 e. The minimum Gasteiger partial charge on any atom is -0.328 e. The van der Waals surface area contributed by atoms with Gasteiger partial charge in [0.2, 0.25) is 0 Å². The fourth-order valence-corrected chi connectivity index (χ4v) is 2.95. The van der Waals surface area contributed by atoms with E-state index in [4.69, 9.17) is 5.73 Å². The molecule has 1 aliphatic rings. The Morgan fingerprint density at radius 1 is 1.33 bits per heavy atom. The van der Waals surface area contributed by atoms with E-state index in [1.807, 2.05) is 36.5 Å². The van der Waals surface area contributed by atoms with Crippen LogP contribution in [0.4, 0.5) is 0 Å². The third-order valence-corrected chi connectivity index (χ3v) is 4.20. The molecule has 5 heteroatoms. The molecule has 0 amide bonds. The Hall–Kier alpha value is -1.72. The van der Waals surface area contributed by atoms with E-state index in [0.717, 1.165) is 31.0 Å². The van der Waals surface area contributed by atoms with Crippen molar-refractivity contribution in [3.05, 3.63) is 42.2 Å². The van der Waals surface area contributed by atoms with Crippen LogP contribution in [0.5, 0.6) is 0 Å². The maximum Gasteiger partial charge on any atom is 0.0971 e. The van der Waals surface area contributed by atoms with Crippen LogP contribution < -0.4 is 5.73 Å². The Morgan fingerprint density at radius 2 is 2.14 bits per heavy atom. The Bertz CT molecular complexity index is 563. The van der Waals surface area contributed by atoms with Gasteiger partial charge in [0.1, 0.15) is 0 Å². The zero-order chi connectivity index (χ0) is 14.7. The second-order valence-corrected chi connectivity index (χ2v) is 5.96. The highest BCUT2D eigenvalue weighted by Crippen LogP contribution is 2.20. The number of piperidine rings is 1. The number of para-hydroxylation sites is 1. The van der Waals surface area contributed by atoms with E-state index >= 15 is 0 Å². The van der Waals surface area contributed by atoms with Crippen molar-refractivity contribution < 1.29 is 0 Å². The summed E-state index contributed by atoms with van der Waals surface area (Å²) in [6, 6.07) is 10.3. The van der Waals surface area contributed by atoms with E-state index in [1.165, 1.54) is 12.8 Å². The lowest BCUT2D eigenvalue weighted by atomic mass is 9.92. The molecule has 1 aromatic heterocycles. The molecule has 2 heterocycles. The molecule has 1 saturated heterocycles. The lowest BCUT2D eigenvalue weighted by molar-refractivity contribution is 0.152. The molecule has 2 unspecified atom stereocenters. The molecule has 1 aliphatic heterocycles. The topological polar surface area (TPSA) is 60.0 Å². The first-order valence-electron chi connectivity index (χ1n) is 7.67. The van der Waals surface area contributed by atoms with Crippen LogP contribution in [0.25, 0.3) is 5.69 Å². The third kappa shape index (κ3) is 3.49. The highest BCUT2D eigenvalue weighted by atomic mass is 15.5.